The van der Waals surface area contributed by atoms with Crippen molar-refractivity contribution in [2.45, 2.75) is 26.4 Å². The molecule has 1 N–H and O–H groups in total. The predicted molar refractivity (Wildman–Crippen MR) is 78.5 cm³/mol. The first-order chi connectivity index (χ1) is 8.16. The van der Waals surface area contributed by atoms with Gasteiger partial charge in [-0.2, -0.15) is 0 Å². The van der Waals surface area contributed by atoms with Crippen LogP contribution in [-0.2, 0) is 6.54 Å². The van der Waals surface area contributed by atoms with Crippen molar-refractivity contribution in [3.8, 4) is 0 Å². The van der Waals surface area contributed by atoms with Gasteiger partial charge in [0.15, 0.2) is 0 Å². The van der Waals surface area contributed by atoms with Crippen molar-refractivity contribution in [3.05, 3.63) is 56.2 Å². The molecule has 0 spiro atoms. The van der Waals surface area contributed by atoms with Crippen LogP contribution in [0.5, 0.6) is 0 Å². The smallest absolute Gasteiger partial charge is 0.0389 e. The Labute approximate surface area is 115 Å². The van der Waals surface area contributed by atoms with Gasteiger partial charge in [-0.05, 0) is 47.0 Å². The SMILES string of the molecule is Cc1ccccc1CNC(C)c1cc(Br)cs1. The van der Waals surface area contributed by atoms with E-state index in [1.165, 1.54) is 20.5 Å². The average Bonchev–Trinajstić information content (AvgIpc) is 2.74. The van der Waals surface area contributed by atoms with E-state index >= 15 is 0 Å². The molecule has 0 saturated heterocycles. The molecule has 2 aromatic rings. The Kier molecular flexibility index (Phi) is 4.37. The van der Waals surface area contributed by atoms with E-state index in [1.54, 1.807) is 11.3 Å². The third kappa shape index (κ3) is 3.41. The van der Waals surface area contributed by atoms with Crippen molar-refractivity contribution < 1.29 is 0 Å². The van der Waals surface area contributed by atoms with Crippen molar-refractivity contribution in [2.75, 3.05) is 0 Å². The van der Waals surface area contributed by atoms with Gasteiger partial charge in [0.25, 0.3) is 0 Å². The molecule has 1 nitrogen and oxygen atoms in total. The standard InChI is InChI=1S/C14H16BrNS/c1-10-5-3-4-6-12(10)8-16-11(2)14-7-13(15)9-17-14/h3-7,9,11,16H,8H2,1-2H3. The summed E-state index contributed by atoms with van der Waals surface area (Å²) >= 11 is 5.28. The Bertz CT molecular complexity index is 492. The number of hydrogen-bond donors (Lipinski definition) is 1. The molecule has 0 radical (unpaired) electrons. The predicted octanol–water partition coefficient (Wildman–Crippen LogP) is 4.67. The fourth-order valence-electron chi connectivity index (χ4n) is 1.73. The van der Waals surface area contributed by atoms with Gasteiger partial charge in [0.2, 0.25) is 0 Å². The number of hydrogen-bond acceptors (Lipinski definition) is 2. The number of aryl methyl sites for hydroxylation is 1. The van der Waals surface area contributed by atoms with Crippen LogP contribution in [0.15, 0.2) is 40.2 Å². The summed E-state index contributed by atoms with van der Waals surface area (Å²) in [5, 5.41) is 5.69. The van der Waals surface area contributed by atoms with E-state index in [4.69, 9.17) is 0 Å². The summed E-state index contributed by atoms with van der Waals surface area (Å²) in [5.74, 6) is 0. The second-order valence-electron chi connectivity index (χ2n) is 4.20. The van der Waals surface area contributed by atoms with Crippen LogP contribution >= 0.6 is 27.3 Å². The highest BCUT2D eigenvalue weighted by atomic mass is 79.9. The van der Waals surface area contributed by atoms with Crippen molar-refractivity contribution in [2.24, 2.45) is 0 Å². The van der Waals surface area contributed by atoms with Gasteiger partial charge in [0, 0.05) is 27.3 Å². The zero-order chi connectivity index (χ0) is 12.3. The number of thiophene rings is 1. The number of halogens is 1. The molecular formula is C14H16BrNS. The maximum Gasteiger partial charge on any atom is 0.0389 e. The highest BCUT2D eigenvalue weighted by molar-refractivity contribution is 9.10. The van der Waals surface area contributed by atoms with Crippen molar-refractivity contribution in [1.82, 2.24) is 5.32 Å². The molecular weight excluding hydrogens is 294 g/mol. The quantitative estimate of drug-likeness (QED) is 0.865. The normalized spacial score (nSPS) is 12.6. The van der Waals surface area contributed by atoms with E-state index in [2.05, 4.69) is 70.8 Å². The van der Waals surface area contributed by atoms with Crippen LogP contribution in [0.2, 0.25) is 0 Å². The first-order valence-electron chi connectivity index (χ1n) is 5.68. The van der Waals surface area contributed by atoms with E-state index in [0.29, 0.717) is 6.04 Å². The lowest BCUT2D eigenvalue weighted by Crippen LogP contribution is -2.17. The third-order valence-electron chi connectivity index (χ3n) is 2.87. The second kappa shape index (κ2) is 5.80. The largest absolute Gasteiger partial charge is 0.305 e. The van der Waals surface area contributed by atoms with Crippen molar-refractivity contribution in [3.63, 3.8) is 0 Å². The zero-order valence-corrected chi connectivity index (χ0v) is 12.4. The Hall–Kier alpha value is -0.640. The van der Waals surface area contributed by atoms with Gasteiger partial charge >= 0.3 is 0 Å². The van der Waals surface area contributed by atoms with Gasteiger partial charge in [-0.15, -0.1) is 11.3 Å². The molecule has 1 atom stereocenters. The lowest BCUT2D eigenvalue weighted by molar-refractivity contribution is 0.581. The summed E-state index contributed by atoms with van der Waals surface area (Å²) in [5.41, 5.74) is 2.72. The minimum Gasteiger partial charge on any atom is -0.305 e. The summed E-state index contributed by atoms with van der Waals surface area (Å²) in [7, 11) is 0. The highest BCUT2D eigenvalue weighted by Crippen LogP contribution is 2.25. The van der Waals surface area contributed by atoms with E-state index in [1.807, 2.05) is 0 Å². The molecule has 90 valence electrons. The summed E-state index contributed by atoms with van der Waals surface area (Å²) < 4.78 is 1.17. The van der Waals surface area contributed by atoms with Crippen LogP contribution in [0.3, 0.4) is 0 Å². The minimum atomic E-state index is 0.394. The van der Waals surface area contributed by atoms with Crippen LogP contribution < -0.4 is 5.32 Å². The monoisotopic (exact) mass is 309 g/mol. The summed E-state index contributed by atoms with van der Waals surface area (Å²) in [6.07, 6.45) is 0. The molecule has 2 rings (SSSR count). The Morgan fingerprint density at radius 1 is 1.35 bits per heavy atom. The minimum absolute atomic E-state index is 0.394. The van der Waals surface area contributed by atoms with E-state index in [-0.39, 0.29) is 0 Å². The van der Waals surface area contributed by atoms with Crippen LogP contribution in [-0.4, -0.2) is 0 Å². The Morgan fingerprint density at radius 3 is 2.76 bits per heavy atom. The van der Waals surface area contributed by atoms with Crippen LogP contribution in [0.25, 0.3) is 0 Å². The summed E-state index contributed by atoms with van der Waals surface area (Å²) in [6.45, 7) is 5.28. The molecule has 3 heteroatoms. The summed E-state index contributed by atoms with van der Waals surface area (Å²) in [4.78, 5) is 1.37. The topological polar surface area (TPSA) is 12.0 Å². The third-order valence-corrected chi connectivity index (χ3v) is 4.75. The van der Waals surface area contributed by atoms with Gasteiger partial charge in [0.1, 0.15) is 0 Å². The maximum absolute atomic E-state index is 3.56. The average molecular weight is 310 g/mol. The Morgan fingerprint density at radius 2 is 2.12 bits per heavy atom. The zero-order valence-electron chi connectivity index (χ0n) is 10.0. The molecule has 0 aliphatic heterocycles. The van der Waals surface area contributed by atoms with Gasteiger partial charge < -0.3 is 5.32 Å². The van der Waals surface area contributed by atoms with E-state index in [0.717, 1.165) is 6.54 Å². The number of nitrogens with one attached hydrogen (secondary N) is 1. The molecule has 0 bridgehead atoms. The van der Waals surface area contributed by atoms with Crippen molar-refractivity contribution in [1.29, 1.82) is 0 Å². The fourth-order valence-corrected chi connectivity index (χ4v) is 3.21. The van der Waals surface area contributed by atoms with Gasteiger partial charge in [-0.1, -0.05) is 24.3 Å². The molecule has 0 aliphatic rings. The summed E-state index contributed by atoms with van der Waals surface area (Å²) in [6, 6.07) is 11.1. The van der Waals surface area contributed by atoms with E-state index in [9.17, 15) is 0 Å². The maximum atomic E-state index is 3.56. The van der Waals surface area contributed by atoms with Gasteiger partial charge in [-0.3, -0.25) is 0 Å². The molecule has 17 heavy (non-hydrogen) atoms. The Balaban J connectivity index is 1.97. The van der Waals surface area contributed by atoms with Crippen molar-refractivity contribution >= 4 is 27.3 Å². The van der Waals surface area contributed by atoms with Gasteiger partial charge in [0.05, 0.1) is 0 Å². The van der Waals surface area contributed by atoms with Crippen LogP contribution in [0.1, 0.15) is 29.0 Å². The molecule has 0 aliphatic carbocycles. The second-order valence-corrected chi connectivity index (χ2v) is 6.05. The molecule has 0 amide bonds. The van der Waals surface area contributed by atoms with Crippen LogP contribution in [0, 0.1) is 6.92 Å². The lowest BCUT2D eigenvalue weighted by Gasteiger charge is -2.13. The fraction of sp³-hybridized carbons (Fsp3) is 0.286. The molecule has 0 fully saturated rings. The molecule has 1 aromatic carbocycles. The number of benzene rings is 1. The molecule has 1 aromatic heterocycles. The lowest BCUT2D eigenvalue weighted by atomic mass is 10.1. The molecule has 0 saturated carbocycles. The first kappa shape index (κ1) is 12.8. The molecule has 1 unspecified atom stereocenters. The van der Waals surface area contributed by atoms with Gasteiger partial charge in [-0.25, -0.2) is 0 Å². The van der Waals surface area contributed by atoms with Crippen LogP contribution in [0.4, 0.5) is 0 Å². The number of rotatable bonds is 4. The first-order valence-corrected chi connectivity index (χ1v) is 7.36. The molecule has 1 heterocycles. The van der Waals surface area contributed by atoms with E-state index < -0.39 is 0 Å². The highest BCUT2D eigenvalue weighted by Gasteiger charge is 2.07.